The average Bonchev–Trinajstić information content (AvgIpc) is 3.08. The zero-order chi connectivity index (χ0) is 15.0. The SMILES string of the molecule is CCCC1CC1n1c(SCC(=O)O)nc2cc(C)cnc21. The number of carboxylic acids is 1. The van der Waals surface area contributed by atoms with E-state index >= 15 is 0 Å². The van der Waals surface area contributed by atoms with Crippen LogP contribution in [0.5, 0.6) is 0 Å². The van der Waals surface area contributed by atoms with E-state index < -0.39 is 5.97 Å². The molecule has 0 saturated heterocycles. The van der Waals surface area contributed by atoms with Crippen molar-refractivity contribution in [3.05, 3.63) is 17.8 Å². The Balaban J connectivity index is 1.97. The molecule has 2 atom stereocenters. The Morgan fingerprint density at radius 2 is 2.38 bits per heavy atom. The molecule has 112 valence electrons. The van der Waals surface area contributed by atoms with E-state index in [2.05, 4.69) is 21.5 Å². The zero-order valence-corrected chi connectivity index (χ0v) is 13.1. The van der Waals surface area contributed by atoms with Crippen molar-refractivity contribution >= 4 is 28.9 Å². The number of imidazole rings is 1. The molecule has 1 N–H and O–H groups in total. The molecule has 2 unspecified atom stereocenters. The van der Waals surface area contributed by atoms with Gasteiger partial charge in [0.1, 0.15) is 5.52 Å². The van der Waals surface area contributed by atoms with Gasteiger partial charge in [-0.1, -0.05) is 25.1 Å². The Morgan fingerprint density at radius 1 is 1.57 bits per heavy atom. The highest BCUT2D eigenvalue weighted by atomic mass is 32.2. The van der Waals surface area contributed by atoms with Gasteiger partial charge in [-0.25, -0.2) is 9.97 Å². The van der Waals surface area contributed by atoms with Crippen molar-refractivity contribution < 1.29 is 9.90 Å². The molecular weight excluding hydrogens is 286 g/mol. The second-order valence-corrected chi connectivity index (χ2v) is 6.60. The van der Waals surface area contributed by atoms with E-state index in [-0.39, 0.29) is 5.75 Å². The Hall–Kier alpha value is -1.56. The summed E-state index contributed by atoms with van der Waals surface area (Å²) in [5.74, 6) is -0.101. The molecular formula is C15H19N3O2S. The van der Waals surface area contributed by atoms with Crippen molar-refractivity contribution in [3.63, 3.8) is 0 Å². The van der Waals surface area contributed by atoms with Gasteiger partial charge in [-0.2, -0.15) is 0 Å². The standard InChI is InChI=1S/C15H19N3O2S/c1-3-4-10-6-12(10)18-14-11(5-9(2)7-16-14)17-15(18)21-8-13(19)20/h5,7,10,12H,3-4,6,8H2,1-2H3,(H,19,20). The number of aryl methyl sites for hydroxylation is 1. The number of hydrogen-bond donors (Lipinski definition) is 1. The first kappa shape index (κ1) is 14.4. The number of aliphatic carboxylic acids is 1. The van der Waals surface area contributed by atoms with Gasteiger partial charge in [-0.3, -0.25) is 4.79 Å². The van der Waals surface area contributed by atoms with E-state index in [4.69, 9.17) is 5.11 Å². The predicted molar refractivity (Wildman–Crippen MR) is 82.7 cm³/mol. The van der Waals surface area contributed by atoms with Gasteiger partial charge in [0.25, 0.3) is 0 Å². The van der Waals surface area contributed by atoms with Gasteiger partial charge in [0.2, 0.25) is 0 Å². The molecule has 2 aromatic rings. The summed E-state index contributed by atoms with van der Waals surface area (Å²) < 4.78 is 2.16. The zero-order valence-electron chi connectivity index (χ0n) is 12.2. The van der Waals surface area contributed by atoms with Crippen LogP contribution in [0.1, 0.15) is 37.8 Å². The molecule has 0 radical (unpaired) electrons. The molecule has 0 bridgehead atoms. The number of aromatic nitrogens is 3. The van der Waals surface area contributed by atoms with Crippen LogP contribution in [0.15, 0.2) is 17.4 Å². The van der Waals surface area contributed by atoms with Gasteiger partial charge >= 0.3 is 5.97 Å². The van der Waals surface area contributed by atoms with Crippen molar-refractivity contribution in [2.45, 2.75) is 44.3 Å². The van der Waals surface area contributed by atoms with E-state index in [0.29, 0.717) is 12.0 Å². The van der Waals surface area contributed by atoms with Crippen LogP contribution in [0, 0.1) is 12.8 Å². The summed E-state index contributed by atoms with van der Waals surface area (Å²) in [4.78, 5) is 20.0. The minimum Gasteiger partial charge on any atom is -0.481 e. The number of carboxylic acid groups (broad SMARTS) is 1. The minimum atomic E-state index is -0.816. The second-order valence-electron chi connectivity index (χ2n) is 5.65. The predicted octanol–water partition coefficient (Wildman–Crippen LogP) is 3.28. The van der Waals surface area contributed by atoms with Gasteiger partial charge in [-0.15, -0.1) is 0 Å². The smallest absolute Gasteiger partial charge is 0.313 e. The van der Waals surface area contributed by atoms with Gasteiger partial charge in [0, 0.05) is 12.2 Å². The first-order valence-electron chi connectivity index (χ1n) is 7.29. The average molecular weight is 305 g/mol. The van der Waals surface area contributed by atoms with Crippen molar-refractivity contribution in [1.82, 2.24) is 14.5 Å². The fourth-order valence-corrected chi connectivity index (χ4v) is 3.59. The van der Waals surface area contributed by atoms with Crippen LogP contribution < -0.4 is 0 Å². The molecule has 5 nitrogen and oxygen atoms in total. The van der Waals surface area contributed by atoms with Crippen LogP contribution in [0.25, 0.3) is 11.2 Å². The number of fused-ring (bicyclic) bond motifs is 1. The molecule has 6 heteroatoms. The Bertz CT molecular complexity index is 683. The molecule has 2 aromatic heterocycles. The number of rotatable bonds is 6. The molecule has 0 aromatic carbocycles. The maximum absolute atomic E-state index is 10.8. The van der Waals surface area contributed by atoms with Crippen molar-refractivity contribution in [2.75, 3.05) is 5.75 Å². The first-order chi connectivity index (χ1) is 10.1. The van der Waals surface area contributed by atoms with E-state index in [0.717, 1.165) is 28.3 Å². The van der Waals surface area contributed by atoms with Crippen molar-refractivity contribution in [3.8, 4) is 0 Å². The van der Waals surface area contributed by atoms with Gasteiger partial charge in [-0.05, 0) is 37.3 Å². The van der Waals surface area contributed by atoms with Crippen LogP contribution in [0.4, 0.5) is 0 Å². The number of pyridine rings is 1. The minimum absolute atomic E-state index is 0.0352. The maximum atomic E-state index is 10.8. The topological polar surface area (TPSA) is 68.0 Å². The first-order valence-corrected chi connectivity index (χ1v) is 8.28. The fourth-order valence-electron chi connectivity index (χ4n) is 2.82. The molecule has 3 rings (SSSR count). The van der Waals surface area contributed by atoms with E-state index in [9.17, 15) is 4.79 Å². The maximum Gasteiger partial charge on any atom is 0.313 e. The Labute approximate surface area is 127 Å². The molecule has 1 saturated carbocycles. The third kappa shape index (κ3) is 2.90. The fraction of sp³-hybridized carbons (Fsp3) is 0.533. The van der Waals surface area contributed by atoms with E-state index in [1.54, 1.807) is 0 Å². The molecule has 0 amide bonds. The molecule has 2 heterocycles. The van der Waals surface area contributed by atoms with Gasteiger partial charge in [0.15, 0.2) is 10.8 Å². The normalized spacial score (nSPS) is 20.9. The second kappa shape index (κ2) is 5.67. The molecule has 0 aliphatic heterocycles. The van der Waals surface area contributed by atoms with Crippen LogP contribution in [-0.2, 0) is 4.79 Å². The lowest BCUT2D eigenvalue weighted by Crippen LogP contribution is -2.03. The quantitative estimate of drug-likeness (QED) is 0.830. The largest absolute Gasteiger partial charge is 0.481 e. The summed E-state index contributed by atoms with van der Waals surface area (Å²) >= 11 is 1.29. The highest BCUT2D eigenvalue weighted by Gasteiger charge is 2.40. The van der Waals surface area contributed by atoms with Crippen molar-refractivity contribution in [1.29, 1.82) is 0 Å². The number of carbonyl (C=O) groups is 1. The molecule has 1 fully saturated rings. The third-order valence-electron chi connectivity index (χ3n) is 3.84. The lowest BCUT2D eigenvalue weighted by atomic mass is 10.2. The van der Waals surface area contributed by atoms with Gasteiger partial charge in [0.05, 0.1) is 5.75 Å². The Kier molecular flexibility index (Phi) is 3.89. The third-order valence-corrected chi connectivity index (χ3v) is 4.77. The molecule has 1 aliphatic carbocycles. The summed E-state index contributed by atoms with van der Waals surface area (Å²) in [5, 5.41) is 9.69. The number of thioether (sulfide) groups is 1. The summed E-state index contributed by atoms with van der Waals surface area (Å²) in [7, 11) is 0. The number of hydrogen-bond acceptors (Lipinski definition) is 4. The molecule has 21 heavy (non-hydrogen) atoms. The highest BCUT2D eigenvalue weighted by Crippen LogP contribution is 2.49. The monoisotopic (exact) mass is 305 g/mol. The van der Waals surface area contributed by atoms with Crippen LogP contribution in [-0.4, -0.2) is 31.4 Å². The summed E-state index contributed by atoms with van der Waals surface area (Å²) in [6.07, 6.45) is 5.38. The van der Waals surface area contributed by atoms with Crippen LogP contribution in [0.2, 0.25) is 0 Å². The lowest BCUT2D eigenvalue weighted by Gasteiger charge is -2.07. The highest BCUT2D eigenvalue weighted by molar-refractivity contribution is 7.99. The van der Waals surface area contributed by atoms with E-state index in [1.165, 1.54) is 24.6 Å². The van der Waals surface area contributed by atoms with Crippen LogP contribution in [0.3, 0.4) is 0 Å². The lowest BCUT2D eigenvalue weighted by molar-refractivity contribution is -0.133. The summed E-state index contributed by atoms with van der Waals surface area (Å²) in [6, 6.07) is 2.45. The summed E-state index contributed by atoms with van der Waals surface area (Å²) in [6.45, 7) is 4.19. The van der Waals surface area contributed by atoms with Crippen molar-refractivity contribution in [2.24, 2.45) is 5.92 Å². The number of nitrogens with zero attached hydrogens (tertiary/aromatic N) is 3. The van der Waals surface area contributed by atoms with Gasteiger partial charge < -0.3 is 9.67 Å². The summed E-state index contributed by atoms with van der Waals surface area (Å²) in [5.41, 5.74) is 2.82. The van der Waals surface area contributed by atoms with Crippen LogP contribution >= 0.6 is 11.8 Å². The Morgan fingerprint density at radius 3 is 3.10 bits per heavy atom. The molecule has 0 spiro atoms. The molecule has 1 aliphatic rings. The van der Waals surface area contributed by atoms with E-state index in [1.807, 2.05) is 19.2 Å².